The minimum absolute atomic E-state index is 0.713. The van der Waals surface area contributed by atoms with Gasteiger partial charge < -0.3 is 4.57 Å². The number of hydrogen-bond donors (Lipinski definition) is 0. The summed E-state index contributed by atoms with van der Waals surface area (Å²) in [4.78, 5) is 0. The van der Waals surface area contributed by atoms with Gasteiger partial charge in [-0.2, -0.15) is 5.26 Å². The molecule has 0 radical (unpaired) electrons. The zero-order chi connectivity index (χ0) is 13.2. The first kappa shape index (κ1) is 11.8. The predicted molar refractivity (Wildman–Crippen MR) is 77.2 cm³/mol. The third kappa shape index (κ3) is 2.21. The van der Waals surface area contributed by atoms with Gasteiger partial charge in [0.15, 0.2) is 0 Å². The maximum Gasteiger partial charge on any atom is 0.101 e. The number of hydrogen-bond acceptors (Lipinski definition) is 1. The van der Waals surface area contributed by atoms with E-state index in [2.05, 4.69) is 10.6 Å². The van der Waals surface area contributed by atoms with Crippen LogP contribution in [0, 0.1) is 11.3 Å². The van der Waals surface area contributed by atoms with Gasteiger partial charge in [0.25, 0.3) is 0 Å². The molecule has 0 aliphatic carbocycles. The Morgan fingerprint density at radius 3 is 2.53 bits per heavy atom. The average Bonchev–Trinajstić information content (AvgIpc) is 2.80. The van der Waals surface area contributed by atoms with E-state index >= 15 is 0 Å². The van der Waals surface area contributed by atoms with E-state index in [1.807, 2.05) is 54.7 Å². The minimum atomic E-state index is 0.713. The molecule has 0 N–H and O–H groups in total. The van der Waals surface area contributed by atoms with Crippen molar-refractivity contribution < 1.29 is 0 Å². The third-order valence-electron chi connectivity index (χ3n) is 3.18. The van der Waals surface area contributed by atoms with Crippen LogP contribution in [0.1, 0.15) is 11.1 Å². The summed E-state index contributed by atoms with van der Waals surface area (Å²) >= 11 is 5.89. The van der Waals surface area contributed by atoms with E-state index in [1.54, 1.807) is 0 Å². The van der Waals surface area contributed by atoms with Gasteiger partial charge in [0.05, 0.1) is 5.56 Å². The van der Waals surface area contributed by atoms with Crippen molar-refractivity contribution in [1.29, 1.82) is 5.26 Å². The Morgan fingerprint density at radius 2 is 1.79 bits per heavy atom. The number of nitriles is 1. The molecule has 1 aromatic heterocycles. The van der Waals surface area contributed by atoms with Gasteiger partial charge in [-0.3, -0.25) is 0 Å². The number of para-hydroxylation sites is 1. The molecule has 92 valence electrons. The van der Waals surface area contributed by atoms with Crippen molar-refractivity contribution in [1.82, 2.24) is 4.57 Å². The second-order valence-electron chi connectivity index (χ2n) is 4.43. The Balaban J connectivity index is 2.06. The second kappa shape index (κ2) is 4.79. The molecule has 0 unspecified atom stereocenters. The van der Waals surface area contributed by atoms with E-state index in [1.165, 1.54) is 0 Å². The van der Waals surface area contributed by atoms with Crippen LogP contribution in [0.2, 0.25) is 5.02 Å². The Kier molecular flexibility index (Phi) is 2.98. The fourth-order valence-corrected chi connectivity index (χ4v) is 2.38. The number of aromatic nitrogens is 1. The molecule has 19 heavy (non-hydrogen) atoms. The lowest BCUT2D eigenvalue weighted by Crippen LogP contribution is -1.97. The number of fused-ring (bicyclic) bond motifs is 1. The standard InChI is InChI=1S/C16H11ClN2/c17-14-7-5-12(6-8-14)10-19-11-13(9-18)15-3-1-2-4-16(15)19/h1-8,11H,10H2. The number of halogens is 1. The summed E-state index contributed by atoms with van der Waals surface area (Å²) in [5, 5.41) is 10.9. The van der Waals surface area contributed by atoms with E-state index in [-0.39, 0.29) is 0 Å². The molecule has 2 aromatic carbocycles. The van der Waals surface area contributed by atoms with E-state index in [4.69, 9.17) is 11.6 Å². The monoisotopic (exact) mass is 266 g/mol. The highest BCUT2D eigenvalue weighted by atomic mass is 35.5. The highest BCUT2D eigenvalue weighted by Crippen LogP contribution is 2.22. The van der Waals surface area contributed by atoms with Crippen LogP contribution in [0.15, 0.2) is 54.7 Å². The van der Waals surface area contributed by atoms with Crippen LogP contribution in [-0.2, 0) is 6.54 Å². The van der Waals surface area contributed by atoms with Crippen LogP contribution >= 0.6 is 11.6 Å². The molecule has 0 fully saturated rings. The lowest BCUT2D eigenvalue weighted by atomic mass is 10.2. The molecule has 2 nitrogen and oxygen atoms in total. The molecule has 0 bridgehead atoms. The average molecular weight is 267 g/mol. The lowest BCUT2D eigenvalue weighted by Gasteiger charge is -2.05. The number of benzene rings is 2. The van der Waals surface area contributed by atoms with Crippen molar-refractivity contribution in [2.45, 2.75) is 6.54 Å². The summed E-state index contributed by atoms with van der Waals surface area (Å²) in [7, 11) is 0. The van der Waals surface area contributed by atoms with Crippen molar-refractivity contribution in [3.8, 4) is 6.07 Å². The molecule has 0 atom stereocenters. The van der Waals surface area contributed by atoms with Crippen molar-refractivity contribution >= 4 is 22.5 Å². The van der Waals surface area contributed by atoms with Crippen molar-refractivity contribution in [2.24, 2.45) is 0 Å². The van der Waals surface area contributed by atoms with E-state index < -0.39 is 0 Å². The van der Waals surface area contributed by atoms with Crippen LogP contribution in [0.25, 0.3) is 10.9 Å². The molecule has 3 rings (SSSR count). The highest BCUT2D eigenvalue weighted by molar-refractivity contribution is 6.30. The first-order valence-corrected chi connectivity index (χ1v) is 6.38. The van der Waals surface area contributed by atoms with Gasteiger partial charge in [-0.1, -0.05) is 41.9 Å². The maximum absolute atomic E-state index is 9.17. The molecule has 0 spiro atoms. The Bertz CT molecular complexity index is 764. The second-order valence-corrected chi connectivity index (χ2v) is 4.86. The normalized spacial score (nSPS) is 10.5. The quantitative estimate of drug-likeness (QED) is 0.683. The van der Waals surface area contributed by atoms with Gasteiger partial charge in [0.1, 0.15) is 6.07 Å². The van der Waals surface area contributed by atoms with E-state index in [0.717, 1.165) is 28.0 Å². The molecule has 0 saturated heterocycles. The van der Waals surface area contributed by atoms with Crippen molar-refractivity contribution in [3.05, 3.63) is 70.9 Å². The lowest BCUT2D eigenvalue weighted by molar-refractivity contribution is 0.836. The third-order valence-corrected chi connectivity index (χ3v) is 3.43. The summed E-state index contributed by atoms with van der Waals surface area (Å²) in [6.07, 6.45) is 1.90. The van der Waals surface area contributed by atoms with Crippen molar-refractivity contribution in [3.63, 3.8) is 0 Å². The van der Waals surface area contributed by atoms with Crippen LogP contribution < -0.4 is 0 Å². The molecule has 0 aliphatic rings. The van der Waals surface area contributed by atoms with Gasteiger partial charge >= 0.3 is 0 Å². The molecule has 0 amide bonds. The Morgan fingerprint density at radius 1 is 1.05 bits per heavy atom. The van der Waals surface area contributed by atoms with Crippen LogP contribution in [0.3, 0.4) is 0 Å². The summed E-state index contributed by atoms with van der Waals surface area (Å²) in [5.41, 5.74) is 2.95. The predicted octanol–water partition coefficient (Wildman–Crippen LogP) is 4.21. The molecular formula is C16H11ClN2. The first-order chi connectivity index (χ1) is 9.28. The maximum atomic E-state index is 9.17. The van der Waals surface area contributed by atoms with Crippen LogP contribution in [0.5, 0.6) is 0 Å². The van der Waals surface area contributed by atoms with Crippen LogP contribution in [0.4, 0.5) is 0 Å². The summed E-state index contributed by atoms with van der Waals surface area (Å²) in [5.74, 6) is 0. The number of rotatable bonds is 2. The fourth-order valence-electron chi connectivity index (χ4n) is 2.25. The molecule has 1 heterocycles. The summed E-state index contributed by atoms with van der Waals surface area (Å²) in [6.45, 7) is 0.735. The Labute approximate surface area is 116 Å². The first-order valence-electron chi connectivity index (χ1n) is 6.00. The fraction of sp³-hybridized carbons (Fsp3) is 0.0625. The summed E-state index contributed by atoms with van der Waals surface area (Å²) in [6, 6.07) is 18.0. The number of nitrogens with zero attached hydrogens (tertiary/aromatic N) is 2. The highest BCUT2D eigenvalue weighted by Gasteiger charge is 2.07. The van der Waals surface area contributed by atoms with Crippen molar-refractivity contribution in [2.75, 3.05) is 0 Å². The van der Waals surface area contributed by atoms with E-state index in [9.17, 15) is 5.26 Å². The topological polar surface area (TPSA) is 28.7 Å². The molecule has 0 saturated carbocycles. The Hall–Kier alpha value is -2.24. The van der Waals surface area contributed by atoms with Gasteiger partial charge in [-0.05, 0) is 23.8 Å². The van der Waals surface area contributed by atoms with Crippen LogP contribution in [-0.4, -0.2) is 4.57 Å². The van der Waals surface area contributed by atoms with Gasteiger partial charge in [-0.25, -0.2) is 0 Å². The molecular weight excluding hydrogens is 256 g/mol. The van der Waals surface area contributed by atoms with Gasteiger partial charge in [0, 0.05) is 28.7 Å². The molecule has 0 aliphatic heterocycles. The largest absolute Gasteiger partial charge is 0.342 e. The molecule has 3 aromatic rings. The van der Waals surface area contributed by atoms with Gasteiger partial charge in [-0.15, -0.1) is 0 Å². The minimum Gasteiger partial charge on any atom is -0.342 e. The molecule has 3 heteroatoms. The van der Waals surface area contributed by atoms with E-state index in [0.29, 0.717) is 5.56 Å². The smallest absolute Gasteiger partial charge is 0.101 e. The SMILES string of the molecule is N#Cc1cn(Cc2ccc(Cl)cc2)c2ccccc12. The zero-order valence-corrected chi connectivity index (χ0v) is 10.9. The summed E-state index contributed by atoms with van der Waals surface area (Å²) < 4.78 is 2.09. The zero-order valence-electron chi connectivity index (χ0n) is 10.2. The van der Waals surface area contributed by atoms with Gasteiger partial charge in [0.2, 0.25) is 0 Å².